The number of nitrogen functional groups attached to an aromatic ring is 1. The average Bonchev–Trinajstić information content (AvgIpc) is 2.98. The van der Waals surface area contributed by atoms with Gasteiger partial charge in [-0.1, -0.05) is 27.3 Å². The summed E-state index contributed by atoms with van der Waals surface area (Å²) in [5, 5.41) is 17.3. The van der Waals surface area contributed by atoms with E-state index in [1.54, 1.807) is 11.0 Å². The first kappa shape index (κ1) is 11.3. The number of hydrogen-bond acceptors (Lipinski definition) is 6. The largest absolute Gasteiger partial charge is 0.374 e. The van der Waals surface area contributed by atoms with Crippen molar-refractivity contribution < 1.29 is 0 Å². The van der Waals surface area contributed by atoms with Gasteiger partial charge in [-0.25, -0.2) is 0 Å². The molecule has 0 saturated heterocycles. The Balaban J connectivity index is 1.96. The number of nitrogens with zero attached hydrogens (tertiary/aromatic N) is 5. The van der Waals surface area contributed by atoms with E-state index >= 15 is 0 Å². The maximum absolute atomic E-state index is 5.54. The smallest absolute Gasteiger partial charge is 0.203 e. The quantitative estimate of drug-likeness (QED) is 0.781. The van der Waals surface area contributed by atoms with Crippen LogP contribution in [0, 0.1) is 0 Å². The molecule has 1 aromatic carbocycles. The second-order valence-corrected chi connectivity index (χ2v) is 5.37. The summed E-state index contributed by atoms with van der Waals surface area (Å²) in [5.41, 5.74) is 7.07. The zero-order valence-corrected chi connectivity index (χ0v) is 11.4. The van der Waals surface area contributed by atoms with Gasteiger partial charge in [-0.15, -0.1) is 15.3 Å². The van der Waals surface area contributed by atoms with Gasteiger partial charge in [0.2, 0.25) is 5.13 Å². The Hall–Kier alpha value is -1.80. The maximum Gasteiger partial charge on any atom is 0.203 e. The SMILES string of the molecule is Nc1nnc(-c2cnn(-c3ccc(Br)cc3)n2)s1. The second kappa shape index (κ2) is 4.46. The summed E-state index contributed by atoms with van der Waals surface area (Å²) in [6.45, 7) is 0. The van der Waals surface area contributed by atoms with Crippen molar-refractivity contribution in [3.05, 3.63) is 34.9 Å². The molecular weight excluding hydrogens is 316 g/mol. The Morgan fingerprint density at radius 3 is 2.61 bits per heavy atom. The van der Waals surface area contributed by atoms with Gasteiger partial charge in [-0.2, -0.15) is 9.90 Å². The summed E-state index contributed by atoms with van der Waals surface area (Å²) in [5.74, 6) is 0. The molecule has 0 saturated carbocycles. The molecule has 2 N–H and O–H groups in total. The van der Waals surface area contributed by atoms with Crippen LogP contribution in [0.4, 0.5) is 5.13 Å². The van der Waals surface area contributed by atoms with Gasteiger partial charge in [0.15, 0.2) is 5.01 Å². The third-order valence-electron chi connectivity index (χ3n) is 2.21. The highest BCUT2D eigenvalue weighted by Crippen LogP contribution is 2.22. The van der Waals surface area contributed by atoms with Crippen molar-refractivity contribution in [2.75, 3.05) is 5.73 Å². The molecule has 0 spiro atoms. The first-order valence-corrected chi connectivity index (χ1v) is 6.61. The zero-order chi connectivity index (χ0) is 12.5. The fraction of sp³-hybridized carbons (Fsp3) is 0. The van der Waals surface area contributed by atoms with E-state index < -0.39 is 0 Å². The topological polar surface area (TPSA) is 82.5 Å². The Bertz CT molecular complexity index is 674. The van der Waals surface area contributed by atoms with Crippen LogP contribution in [0.15, 0.2) is 34.9 Å². The minimum absolute atomic E-state index is 0.420. The number of benzene rings is 1. The van der Waals surface area contributed by atoms with Crippen LogP contribution < -0.4 is 5.73 Å². The fourth-order valence-electron chi connectivity index (χ4n) is 1.40. The highest BCUT2D eigenvalue weighted by Gasteiger charge is 2.09. The lowest BCUT2D eigenvalue weighted by molar-refractivity contribution is 0.753. The molecule has 0 bridgehead atoms. The van der Waals surface area contributed by atoms with Crippen LogP contribution in [0.1, 0.15) is 0 Å². The summed E-state index contributed by atoms with van der Waals surface area (Å²) >= 11 is 4.67. The number of rotatable bonds is 2. The van der Waals surface area contributed by atoms with E-state index in [0.717, 1.165) is 10.2 Å². The summed E-state index contributed by atoms with van der Waals surface area (Å²) in [6.07, 6.45) is 1.64. The van der Waals surface area contributed by atoms with Crippen molar-refractivity contribution in [3.8, 4) is 16.4 Å². The minimum atomic E-state index is 0.420. The van der Waals surface area contributed by atoms with Crippen LogP contribution >= 0.6 is 27.3 Å². The van der Waals surface area contributed by atoms with E-state index in [9.17, 15) is 0 Å². The number of anilines is 1. The molecule has 0 atom stereocenters. The van der Waals surface area contributed by atoms with Crippen molar-refractivity contribution in [1.82, 2.24) is 25.2 Å². The van der Waals surface area contributed by atoms with Gasteiger partial charge in [0.1, 0.15) is 5.69 Å². The number of halogens is 1. The fourth-order valence-corrected chi connectivity index (χ4v) is 2.22. The molecule has 0 amide bonds. The lowest BCUT2D eigenvalue weighted by atomic mass is 10.3. The summed E-state index contributed by atoms with van der Waals surface area (Å²) < 4.78 is 1.01. The molecule has 0 aliphatic carbocycles. The molecule has 0 aliphatic rings. The van der Waals surface area contributed by atoms with Gasteiger partial charge in [0.25, 0.3) is 0 Å². The van der Waals surface area contributed by atoms with E-state index in [0.29, 0.717) is 15.8 Å². The summed E-state index contributed by atoms with van der Waals surface area (Å²) in [7, 11) is 0. The molecule has 3 aromatic rings. The van der Waals surface area contributed by atoms with Crippen LogP contribution in [0.2, 0.25) is 0 Å². The lowest BCUT2D eigenvalue weighted by Gasteiger charge is -1.98. The first-order valence-electron chi connectivity index (χ1n) is 5.00. The molecule has 3 rings (SSSR count). The number of nitrogens with two attached hydrogens (primary N) is 1. The van der Waals surface area contributed by atoms with E-state index in [2.05, 4.69) is 36.3 Å². The molecule has 6 nitrogen and oxygen atoms in total. The molecule has 2 aromatic heterocycles. The van der Waals surface area contributed by atoms with Crippen molar-refractivity contribution in [2.45, 2.75) is 0 Å². The first-order chi connectivity index (χ1) is 8.72. The van der Waals surface area contributed by atoms with E-state index in [1.165, 1.54) is 11.3 Å². The maximum atomic E-state index is 5.54. The van der Waals surface area contributed by atoms with Crippen LogP contribution in [-0.2, 0) is 0 Å². The van der Waals surface area contributed by atoms with Crippen LogP contribution in [0.25, 0.3) is 16.4 Å². The van der Waals surface area contributed by atoms with E-state index in [4.69, 9.17) is 5.73 Å². The highest BCUT2D eigenvalue weighted by atomic mass is 79.9. The van der Waals surface area contributed by atoms with Crippen LogP contribution in [-0.4, -0.2) is 25.2 Å². The zero-order valence-electron chi connectivity index (χ0n) is 8.99. The standard InChI is InChI=1S/C10H7BrN6S/c11-6-1-3-7(4-2-6)17-13-5-8(16-17)9-14-15-10(12)18-9/h1-5H,(H2,12,15). The van der Waals surface area contributed by atoms with E-state index in [1.807, 2.05) is 24.3 Å². The highest BCUT2D eigenvalue weighted by molar-refractivity contribution is 9.10. The van der Waals surface area contributed by atoms with Crippen molar-refractivity contribution in [2.24, 2.45) is 0 Å². The lowest BCUT2D eigenvalue weighted by Crippen LogP contribution is -1.98. The van der Waals surface area contributed by atoms with Gasteiger partial charge in [-0.3, -0.25) is 0 Å². The van der Waals surface area contributed by atoms with Crippen LogP contribution in [0.3, 0.4) is 0 Å². The van der Waals surface area contributed by atoms with Crippen molar-refractivity contribution in [3.63, 3.8) is 0 Å². The van der Waals surface area contributed by atoms with Gasteiger partial charge < -0.3 is 5.73 Å². The molecule has 0 fully saturated rings. The van der Waals surface area contributed by atoms with Crippen LogP contribution in [0.5, 0.6) is 0 Å². The Kier molecular flexibility index (Phi) is 2.80. The second-order valence-electron chi connectivity index (χ2n) is 3.44. The third kappa shape index (κ3) is 2.12. The molecule has 18 heavy (non-hydrogen) atoms. The Labute approximate surface area is 115 Å². The third-order valence-corrected chi connectivity index (χ3v) is 3.51. The molecule has 0 unspecified atom stereocenters. The van der Waals surface area contributed by atoms with Gasteiger partial charge >= 0.3 is 0 Å². The molecular formula is C10H7BrN6S. The summed E-state index contributed by atoms with van der Waals surface area (Å²) in [4.78, 5) is 1.54. The molecule has 0 aliphatic heterocycles. The van der Waals surface area contributed by atoms with Gasteiger partial charge in [-0.05, 0) is 24.3 Å². The monoisotopic (exact) mass is 322 g/mol. The van der Waals surface area contributed by atoms with Gasteiger partial charge in [0.05, 0.1) is 11.9 Å². The average molecular weight is 323 g/mol. The number of aromatic nitrogens is 5. The predicted molar refractivity (Wildman–Crippen MR) is 72.4 cm³/mol. The predicted octanol–water partition coefficient (Wildman–Crippen LogP) is 2.13. The normalized spacial score (nSPS) is 10.7. The Morgan fingerprint density at radius 1 is 1.17 bits per heavy atom. The van der Waals surface area contributed by atoms with Gasteiger partial charge in [0, 0.05) is 4.47 Å². The Morgan fingerprint density at radius 2 is 1.94 bits per heavy atom. The van der Waals surface area contributed by atoms with Crippen molar-refractivity contribution >= 4 is 32.4 Å². The molecule has 90 valence electrons. The number of hydrogen-bond donors (Lipinski definition) is 1. The molecule has 0 radical (unpaired) electrons. The minimum Gasteiger partial charge on any atom is -0.374 e. The van der Waals surface area contributed by atoms with Crippen molar-refractivity contribution in [1.29, 1.82) is 0 Å². The molecule has 2 heterocycles. The van der Waals surface area contributed by atoms with E-state index in [-0.39, 0.29) is 0 Å². The molecule has 8 heteroatoms. The summed E-state index contributed by atoms with van der Waals surface area (Å²) in [6, 6.07) is 7.70.